The van der Waals surface area contributed by atoms with Crippen molar-refractivity contribution in [3.8, 4) is 0 Å². The second-order valence-electron chi connectivity index (χ2n) is 4.15. The molecule has 2 nitrogen and oxygen atoms in total. The molecule has 1 atom stereocenters. The summed E-state index contributed by atoms with van der Waals surface area (Å²) in [6, 6.07) is 0.558. The zero-order valence-electron chi connectivity index (χ0n) is 10.3. The first-order chi connectivity index (χ1) is 6.60. The van der Waals surface area contributed by atoms with Crippen molar-refractivity contribution >= 4 is 0 Å². The lowest BCUT2D eigenvalue weighted by Gasteiger charge is -2.12. The van der Waals surface area contributed by atoms with E-state index in [0.29, 0.717) is 12.0 Å². The molecule has 0 bridgehead atoms. The molecule has 2 heteroatoms. The van der Waals surface area contributed by atoms with Crippen LogP contribution in [-0.4, -0.2) is 26.3 Å². The predicted molar refractivity (Wildman–Crippen MR) is 62.6 cm³/mol. The van der Waals surface area contributed by atoms with Crippen molar-refractivity contribution in [2.45, 2.75) is 40.2 Å². The number of methoxy groups -OCH3 is 1. The third-order valence-electron chi connectivity index (χ3n) is 2.14. The predicted octanol–water partition coefficient (Wildman–Crippen LogP) is 2.60. The SMILES string of the molecule is CCC(=CC(C)COC)CNC(C)C. The van der Waals surface area contributed by atoms with Crippen LogP contribution in [0, 0.1) is 5.92 Å². The summed E-state index contributed by atoms with van der Waals surface area (Å²) in [5.74, 6) is 0.518. The standard InChI is InChI=1S/C12H25NO/c1-6-12(8-13-10(2)3)7-11(4)9-14-5/h7,10-11,13H,6,8-9H2,1-5H3. The van der Waals surface area contributed by atoms with Gasteiger partial charge in [-0.15, -0.1) is 0 Å². The summed E-state index contributed by atoms with van der Waals surface area (Å²) in [4.78, 5) is 0. The molecule has 0 rings (SSSR count). The molecule has 0 aromatic heterocycles. The van der Waals surface area contributed by atoms with Gasteiger partial charge in [-0.2, -0.15) is 0 Å². The highest BCUT2D eigenvalue weighted by atomic mass is 16.5. The summed E-state index contributed by atoms with van der Waals surface area (Å²) in [6.07, 6.45) is 3.44. The Kier molecular flexibility index (Phi) is 7.81. The molecule has 0 aromatic rings. The third-order valence-corrected chi connectivity index (χ3v) is 2.14. The van der Waals surface area contributed by atoms with Gasteiger partial charge in [-0.05, 0) is 12.3 Å². The Hall–Kier alpha value is -0.340. The largest absolute Gasteiger partial charge is 0.384 e. The molecular formula is C12H25NO. The van der Waals surface area contributed by atoms with Crippen molar-refractivity contribution < 1.29 is 4.74 Å². The number of ether oxygens (including phenoxy) is 1. The van der Waals surface area contributed by atoms with E-state index in [-0.39, 0.29) is 0 Å². The van der Waals surface area contributed by atoms with Gasteiger partial charge in [-0.3, -0.25) is 0 Å². The molecule has 1 N–H and O–H groups in total. The second-order valence-corrected chi connectivity index (χ2v) is 4.15. The highest BCUT2D eigenvalue weighted by molar-refractivity contribution is 5.05. The molecule has 0 heterocycles. The van der Waals surface area contributed by atoms with Crippen LogP contribution in [0.25, 0.3) is 0 Å². The zero-order valence-corrected chi connectivity index (χ0v) is 10.3. The lowest BCUT2D eigenvalue weighted by atomic mass is 10.1. The molecule has 0 amide bonds. The highest BCUT2D eigenvalue weighted by Crippen LogP contribution is 2.06. The first-order valence-corrected chi connectivity index (χ1v) is 5.52. The Labute approximate surface area is 88.7 Å². The molecule has 0 aromatic carbocycles. The van der Waals surface area contributed by atoms with Crippen LogP contribution in [0.15, 0.2) is 11.6 Å². The molecule has 0 spiro atoms. The van der Waals surface area contributed by atoms with Crippen LogP contribution in [-0.2, 0) is 4.74 Å². The summed E-state index contributed by atoms with van der Waals surface area (Å²) in [5, 5.41) is 3.43. The van der Waals surface area contributed by atoms with E-state index in [0.717, 1.165) is 19.6 Å². The Morgan fingerprint density at radius 2 is 2.00 bits per heavy atom. The van der Waals surface area contributed by atoms with Crippen LogP contribution in [0.3, 0.4) is 0 Å². The Bertz CT molecular complexity index is 164. The van der Waals surface area contributed by atoms with Gasteiger partial charge in [0.15, 0.2) is 0 Å². The Morgan fingerprint density at radius 3 is 2.43 bits per heavy atom. The van der Waals surface area contributed by atoms with Crippen LogP contribution in [0.5, 0.6) is 0 Å². The van der Waals surface area contributed by atoms with Crippen LogP contribution in [0.2, 0.25) is 0 Å². The number of nitrogens with one attached hydrogen (secondary N) is 1. The van der Waals surface area contributed by atoms with Crippen LogP contribution >= 0.6 is 0 Å². The van der Waals surface area contributed by atoms with Gasteiger partial charge in [0.1, 0.15) is 0 Å². The fraction of sp³-hybridized carbons (Fsp3) is 0.833. The summed E-state index contributed by atoms with van der Waals surface area (Å²) < 4.78 is 5.11. The van der Waals surface area contributed by atoms with Gasteiger partial charge >= 0.3 is 0 Å². The fourth-order valence-corrected chi connectivity index (χ4v) is 1.35. The van der Waals surface area contributed by atoms with Crippen LogP contribution < -0.4 is 5.32 Å². The lowest BCUT2D eigenvalue weighted by Crippen LogP contribution is -2.25. The monoisotopic (exact) mass is 199 g/mol. The minimum absolute atomic E-state index is 0.518. The molecule has 0 aliphatic carbocycles. The Morgan fingerprint density at radius 1 is 1.36 bits per heavy atom. The van der Waals surface area contributed by atoms with Crippen LogP contribution in [0.4, 0.5) is 0 Å². The van der Waals surface area contributed by atoms with Gasteiger partial charge in [0.05, 0.1) is 6.61 Å². The maximum Gasteiger partial charge on any atom is 0.0522 e. The van der Waals surface area contributed by atoms with E-state index in [2.05, 4.69) is 39.1 Å². The van der Waals surface area contributed by atoms with Crippen molar-refractivity contribution in [1.82, 2.24) is 5.32 Å². The third kappa shape index (κ3) is 7.10. The number of hydrogen-bond acceptors (Lipinski definition) is 2. The van der Waals surface area contributed by atoms with E-state index in [1.165, 1.54) is 5.57 Å². The van der Waals surface area contributed by atoms with Gasteiger partial charge in [-0.1, -0.05) is 39.3 Å². The fourth-order valence-electron chi connectivity index (χ4n) is 1.35. The number of rotatable bonds is 7. The smallest absolute Gasteiger partial charge is 0.0522 e. The zero-order chi connectivity index (χ0) is 11.0. The normalized spacial score (nSPS) is 14.9. The van der Waals surface area contributed by atoms with Crippen molar-refractivity contribution in [2.75, 3.05) is 20.3 Å². The molecule has 14 heavy (non-hydrogen) atoms. The average molecular weight is 199 g/mol. The highest BCUT2D eigenvalue weighted by Gasteiger charge is 2.01. The molecule has 0 aliphatic rings. The van der Waals surface area contributed by atoms with Gasteiger partial charge in [0.25, 0.3) is 0 Å². The van der Waals surface area contributed by atoms with Gasteiger partial charge < -0.3 is 10.1 Å². The summed E-state index contributed by atoms with van der Waals surface area (Å²) >= 11 is 0. The molecule has 0 fully saturated rings. The molecule has 0 aliphatic heterocycles. The lowest BCUT2D eigenvalue weighted by molar-refractivity contribution is 0.175. The van der Waals surface area contributed by atoms with Crippen LogP contribution in [0.1, 0.15) is 34.1 Å². The molecule has 0 saturated heterocycles. The van der Waals surface area contributed by atoms with E-state index in [4.69, 9.17) is 4.74 Å². The van der Waals surface area contributed by atoms with Crippen molar-refractivity contribution in [1.29, 1.82) is 0 Å². The van der Waals surface area contributed by atoms with Crippen molar-refractivity contribution in [3.05, 3.63) is 11.6 Å². The van der Waals surface area contributed by atoms with Crippen molar-refractivity contribution in [3.63, 3.8) is 0 Å². The molecule has 0 saturated carbocycles. The molecular weight excluding hydrogens is 174 g/mol. The second kappa shape index (κ2) is 8.01. The maximum atomic E-state index is 5.11. The topological polar surface area (TPSA) is 21.3 Å². The molecule has 1 unspecified atom stereocenters. The summed E-state index contributed by atoms with van der Waals surface area (Å²) in [5.41, 5.74) is 1.48. The minimum Gasteiger partial charge on any atom is -0.384 e. The first-order valence-electron chi connectivity index (χ1n) is 5.52. The van der Waals surface area contributed by atoms with E-state index in [9.17, 15) is 0 Å². The first kappa shape index (κ1) is 13.7. The Balaban J connectivity index is 3.97. The molecule has 0 radical (unpaired) electrons. The number of hydrogen-bond donors (Lipinski definition) is 1. The maximum absolute atomic E-state index is 5.11. The van der Waals surface area contributed by atoms with E-state index in [1.807, 2.05) is 0 Å². The molecule has 84 valence electrons. The van der Waals surface area contributed by atoms with E-state index in [1.54, 1.807) is 7.11 Å². The van der Waals surface area contributed by atoms with Gasteiger partial charge in [0, 0.05) is 19.7 Å². The van der Waals surface area contributed by atoms with Gasteiger partial charge in [-0.25, -0.2) is 0 Å². The van der Waals surface area contributed by atoms with E-state index >= 15 is 0 Å². The van der Waals surface area contributed by atoms with Crippen molar-refractivity contribution in [2.24, 2.45) is 5.92 Å². The quantitative estimate of drug-likeness (QED) is 0.636. The summed E-state index contributed by atoms with van der Waals surface area (Å²) in [7, 11) is 1.75. The van der Waals surface area contributed by atoms with E-state index < -0.39 is 0 Å². The summed E-state index contributed by atoms with van der Waals surface area (Å²) in [6.45, 7) is 10.5. The van der Waals surface area contributed by atoms with Gasteiger partial charge in [0.2, 0.25) is 0 Å². The average Bonchev–Trinajstić information content (AvgIpc) is 2.12. The minimum atomic E-state index is 0.518.